The summed E-state index contributed by atoms with van der Waals surface area (Å²) in [6, 6.07) is 16.3. The first-order valence-electron chi connectivity index (χ1n) is 12.3. The van der Waals surface area contributed by atoms with E-state index in [2.05, 4.69) is 31.2 Å². The molecule has 0 spiro atoms. The second-order valence-corrected chi connectivity index (χ2v) is 9.21. The fourth-order valence-electron chi connectivity index (χ4n) is 4.97. The van der Waals surface area contributed by atoms with Gasteiger partial charge in [-0.15, -0.1) is 0 Å². The minimum absolute atomic E-state index is 0.0582. The normalized spacial score (nSPS) is 18.7. The van der Waals surface area contributed by atoms with Gasteiger partial charge in [-0.25, -0.2) is 4.98 Å². The molecule has 0 aliphatic carbocycles. The van der Waals surface area contributed by atoms with Gasteiger partial charge in [0, 0.05) is 37.7 Å². The highest BCUT2D eigenvalue weighted by molar-refractivity contribution is 5.96. The molecular weight excluding hydrogens is 428 g/mol. The molecular formula is C27H32N4O3. The SMILES string of the molecule is CCCCc1ccc(N2C[C@H](c3nc4ccccc4n3CC(=O)N3CCOCC3)CC2=O)cc1. The van der Waals surface area contributed by atoms with Crippen LogP contribution in [-0.4, -0.2) is 59.1 Å². The number of rotatable bonds is 7. The number of hydrogen-bond acceptors (Lipinski definition) is 4. The van der Waals surface area contributed by atoms with Crippen LogP contribution in [0.4, 0.5) is 5.69 Å². The van der Waals surface area contributed by atoms with E-state index in [4.69, 9.17) is 9.72 Å². The number of unbranched alkanes of at least 4 members (excludes halogenated alkanes) is 1. The third-order valence-electron chi connectivity index (χ3n) is 6.90. The lowest BCUT2D eigenvalue weighted by Gasteiger charge is -2.27. The number of para-hydroxylation sites is 2. The molecule has 3 aromatic rings. The van der Waals surface area contributed by atoms with Crippen molar-refractivity contribution in [1.29, 1.82) is 0 Å². The minimum atomic E-state index is -0.0582. The fourth-order valence-corrected chi connectivity index (χ4v) is 4.97. The summed E-state index contributed by atoms with van der Waals surface area (Å²) >= 11 is 0. The van der Waals surface area contributed by atoms with Crippen LogP contribution in [0.3, 0.4) is 0 Å². The van der Waals surface area contributed by atoms with Gasteiger partial charge in [-0.05, 0) is 42.7 Å². The molecule has 3 heterocycles. The maximum absolute atomic E-state index is 13.1. The van der Waals surface area contributed by atoms with Crippen molar-refractivity contribution in [2.45, 2.75) is 45.1 Å². The summed E-state index contributed by atoms with van der Waals surface area (Å²) in [6.07, 6.45) is 3.80. The molecule has 0 bridgehead atoms. The van der Waals surface area contributed by atoms with E-state index in [1.165, 1.54) is 18.4 Å². The second-order valence-electron chi connectivity index (χ2n) is 9.21. The molecule has 7 nitrogen and oxygen atoms in total. The summed E-state index contributed by atoms with van der Waals surface area (Å²) in [5.74, 6) is 0.927. The number of aromatic nitrogens is 2. The Balaban J connectivity index is 1.39. The van der Waals surface area contributed by atoms with Gasteiger partial charge < -0.3 is 19.1 Å². The van der Waals surface area contributed by atoms with Crippen molar-refractivity contribution in [2.24, 2.45) is 0 Å². The van der Waals surface area contributed by atoms with Crippen LogP contribution >= 0.6 is 0 Å². The Morgan fingerprint density at radius 1 is 1.09 bits per heavy atom. The van der Waals surface area contributed by atoms with E-state index in [0.717, 1.165) is 29.0 Å². The van der Waals surface area contributed by atoms with E-state index in [9.17, 15) is 9.59 Å². The summed E-state index contributed by atoms with van der Waals surface area (Å²) in [4.78, 5) is 34.7. The smallest absolute Gasteiger partial charge is 0.242 e. The van der Waals surface area contributed by atoms with Gasteiger partial charge in [-0.3, -0.25) is 9.59 Å². The molecule has 2 aliphatic rings. The van der Waals surface area contributed by atoms with Crippen LogP contribution in [0.15, 0.2) is 48.5 Å². The number of anilines is 1. The molecule has 1 atom stereocenters. The Bertz CT molecular complexity index is 1160. The Hall–Kier alpha value is -3.19. The number of carbonyl (C=O) groups excluding carboxylic acids is 2. The van der Waals surface area contributed by atoms with Gasteiger partial charge in [0.15, 0.2) is 0 Å². The maximum atomic E-state index is 13.1. The first kappa shape index (κ1) is 22.6. The van der Waals surface area contributed by atoms with Crippen molar-refractivity contribution in [3.05, 3.63) is 59.9 Å². The number of benzene rings is 2. The van der Waals surface area contributed by atoms with Gasteiger partial charge in [-0.2, -0.15) is 0 Å². The molecule has 0 unspecified atom stereocenters. The number of imidazole rings is 1. The number of amides is 2. The second kappa shape index (κ2) is 9.97. The Labute approximate surface area is 200 Å². The average Bonchev–Trinajstić information content (AvgIpc) is 3.44. The largest absolute Gasteiger partial charge is 0.378 e. The first-order chi connectivity index (χ1) is 16.6. The number of ether oxygens (including phenoxy) is 1. The lowest BCUT2D eigenvalue weighted by Crippen LogP contribution is -2.42. The molecule has 34 heavy (non-hydrogen) atoms. The molecule has 178 valence electrons. The van der Waals surface area contributed by atoms with E-state index in [-0.39, 0.29) is 24.3 Å². The summed E-state index contributed by atoms with van der Waals surface area (Å²) in [5, 5.41) is 0. The van der Waals surface area contributed by atoms with Crippen molar-refractivity contribution in [3.8, 4) is 0 Å². The fraction of sp³-hybridized carbons (Fsp3) is 0.444. The number of fused-ring (bicyclic) bond motifs is 1. The van der Waals surface area contributed by atoms with Gasteiger partial charge >= 0.3 is 0 Å². The van der Waals surface area contributed by atoms with Crippen molar-refractivity contribution < 1.29 is 14.3 Å². The van der Waals surface area contributed by atoms with E-state index in [0.29, 0.717) is 39.3 Å². The Kier molecular flexibility index (Phi) is 6.63. The molecule has 1 aromatic heterocycles. The molecule has 0 radical (unpaired) electrons. The molecule has 0 saturated carbocycles. The van der Waals surface area contributed by atoms with E-state index in [1.807, 2.05) is 38.6 Å². The maximum Gasteiger partial charge on any atom is 0.242 e. The highest BCUT2D eigenvalue weighted by Gasteiger charge is 2.35. The molecule has 2 saturated heterocycles. The zero-order chi connectivity index (χ0) is 23.5. The number of aryl methyl sites for hydroxylation is 1. The lowest BCUT2D eigenvalue weighted by molar-refractivity contribution is -0.135. The van der Waals surface area contributed by atoms with Crippen molar-refractivity contribution in [2.75, 3.05) is 37.7 Å². The predicted octanol–water partition coefficient (Wildman–Crippen LogP) is 3.76. The van der Waals surface area contributed by atoms with Gasteiger partial charge in [0.05, 0.1) is 24.2 Å². The van der Waals surface area contributed by atoms with Crippen LogP contribution in [0.1, 0.15) is 43.5 Å². The van der Waals surface area contributed by atoms with Crippen molar-refractivity contribution >= 4 is 28.5 Å². The third kappa shape index (κ3) is 4.57. The molecule has 2 amide bonds. The molecule has 7 heteroatoms. The number of morpholine rings is 1. The summed E-state index contributed by atoms with van der Waals surface area (Å²) in [7, 11) is 0. The zero-order valence-electron chi connectivity index (χ0n) is 19.8. The van der Waals surface area contributed by atoms with Crippen molar-refractivity contribution in [3.63, 3.8) is 0 Å². The van der Waals surface area contributed by atoms with Gasteiger partial charge in [0.1, 0.15) is 12.4 Å². The third-order valence-corrected chi connectivity index (χ3v) is 6.90. The highest BCUT2D eigenvalue weighted by atomic mass is 16.5. The van der Waals surface area contributed by atoms with Gasteiger partial charge in [0.25, 0.3) is 0 Å². The standard InChI is InChI=1S/C27H32N4O3/c1-2-3-6-20-9-11-22(12-10-20)30-18-21(17-25(30)32)27-28-23-7-4-5-8-24(23)31(27)19-26(33)29-13-15-34-16-14-29/h4-5,7-12,21H,2-3,6,13-19H2,1H3/t21-/m1/s1. The summed E-state index contributed by atoms with van der Waals surface area (Å²) < 4.78 is 7.41. The quantitative estimate of drug-likeness (QED) is 0.539. The van der Waals surface area contributed by atoms with Gasteiger partial charge in [0.2, 0.25) is 11.8 Å². The first-order valence-corrected chi connectivity index (χ1v) is 12.3. The number of nitrogens with zero attached hydrogens (tertiary/aromatic N) is 4. The highest BCUT2D eigenvalue weighted by Crippen LogP contribution is 2.33. The summed E-state index contributed by atoms with van der Waals surface area (Å²) in [5.41, 5.74) is 4.03. The van der Waals surface area contributed by atoms with Crippen LogP contribution in [0.2, 0.25) is 0 Å². The van der Waals surface area contributed by atoms with E-state index >= 15 is 0 Å². The predicted molar refractivity (Wildman–Crippen MR) is 132 cm³/mol. The molecule has 2 aromatic carbocycles. The minimum Gasteiger partial charge on any atom is -0.378 e. The van der Waals surface area contributed by atoms with Crippen LogP contribution in [0, 0.1) is 0 Å². The van der Waals surface area contributed by atoms with Crippen LogP contribution in [-0.2, 0) is 27.3 Å². The molecule has 2 fully saturated rings. The Morgan fingerprint density at radius 2 is 1.85 bits per heavy atom. The van der Waals surface area contributed by atoms with E-state index < -0.39 is 0 Å². The lowest BCUT2D eigenvalue weighted by atomic mass is 10.1. The van der Waals surface area contributed by atoms with Crippen molar-refractivity contribution in [1.82, 2.24) is 14.5 Å². The molecule has 5 rings (SSSR count). The Morgan fingerprint density at radius 3 is 2.62 bits per heavy atom. The summed E-state index contributed by atoms with van der Waals surface area (Å²) in [6.45, 7) is 5.38. The monoisotopic (exact) mass is 460 g/mol. The van der Waals surface area contributed by atoms with Crippen LogP contribution in [0.25, 0.3) is 11.0 Å². The van der Waals surface area contributed by atoms with Crippen LogP contribution in [0.5, 0.6) is 0 Å². The molecule has 0 N–H and O–H groups in total. The van der Waals surface area contributed by atoms with E-state index in [1.54, 1.807) is 0 Å². The van der Waals surface area contributed by atoms with Gasteiger partial charge in [-0.1, -0.05) is 37.6 Å². The van der Waals surface area contributed by atoms with Crippen LogP contribution < -0.4 is 4.90 Å². The zero-order valence-corrected chi connectivity index (χ0v) is 19.8. The molecule has 2 aliphatic heterocycles. The topological polar surface area (TPSA) is 67.7 Å². The number of hydrogen-bond donors (Lipinski definition) is 0. The number of carbonyl (C=O) groups is 2. The average molecular weight is 461 g/mol.